The topological polar surface area (TPSA) is 80.8 Å². The Hall–Kier alpha value is -3.87. The molecular weight excluding hydrogens is 430 g/mol. The quantitative estimate of drug-likeness (QED) is 0.607. The first kappa shape index (κ1) is 20.7. The highest BCUT2D eigenvalue weighted by Crippen LogP contribution is 2.52. The number of fused-ring (bicyclic) bond motifs is 5. The molecule has 0 radical (unpaired) electrons. The van der Waals surface area contributed by atoms with Gasteiger partial charge in [-0.25, -0.2) is 0 Å². The molecule has 2 atom stereocenters. The molecule has 4 aliphatic rings. The monoisotopic (exact) mass is 455 g/mol. The Labute approximate surface area is 197 Å². The van der Waals surface area contributed by atoms with E-state index in [0.717, 1.165) is 16.9 Å². The summed E-state index contributed by atoms with van der Waals surface area (Å²) in [4.78, 5) is 32.0. The van der Waals surface area contributed by atoms with Crippen molar-refractivity contribution in [1.29, 1.82) is 0 Å². The number of nitrogens with zero attached hydrogens (tertiary/aromatic N) is 2. The third-order valence-electron chi connectivity index (χ3n) is 7.16. The summed E-state index contributed by atoms with van der Waals surface area (Å²) in [7, 11) is 0. The number of aryl methyl sites for hydroxylation is 1. The van der Waals surface area contributed by atoms with Crippen LogP contribution < -0.4 is 14.8 Å². The molecule has 172 valence electrons. The highest BCUT2D eigenvalue weighted by atomic mass is 16.5. The molecule has 1 N–H and O–H groups in total. The van der Waals surface area contributed by atoms with Crippen LogP contribution in [0, 0.1) is 5.41 Å². The SMILES string of the molecule is O=C1CCc2cccc(c2)Oc2cccc3c2OC[C@]2(CN1)CN(C(=O)c1ccncc1)C[C@H]32. The van der Waals surface area contributed by atoms with E-state index in [0.29, 0.717) is 56.1 Å². The number of amides is 2. The maximum Gasteiger partial charge on any atom is 0.254 e. The molecule has 34 heavy (non-hydrogen) atoms. The normalized spacial score (nSPS) is 23.2. The average Bonchev–Trinajstić information content (AvgIpc) is 3.27. The molecule has 7 heteroatoms. The lowest BCUT2D eigenvalue weighted by Crippen LogP contribution is -2.48. The van der Waals surface area contributed by atoms with Crippen LogP contribution in [0.1, 0.15) is 33.8 Å². The summed E-state index contributed by atoms with van der Waals surface area (Å²) >= 11 is 0. The minimum absolute atomic E-state index is 0.00466. The van der Waals surface area contributed by atoms with Gasteiger partial charge >= 0.3 is 0 Å². The van der Waals surface area contributed by atoms with E-state index in [1.54, 1.807) is 24.5 Å². The fourth-order valence-electron chi connectivity index (χ4n) is 5.38. The van der Waals surface area contributed by atoms with Gasteiger partial charge in [0.05, 0.1) is 6.61 Å². The molecule has 1 aromatic heterocycles. The third kappa shape index (κ3) is 3.57. The Morgan fingerprint density at radius 1 is 1.09 bits per heavy atom. The molecule has 0 saturated carbocycles. The minimum atomic E-state index is -0.414. The molecule has 5 heterocycles. The van der Waals surface area contributed by atoms with Gasteiger partial charge in [0.25, 0.3) is 5.91 Å². The number of hydrogen-bond donors (Lipinski definition) is 1. The van der Waals surface area contributed by atoms with Crippen molar-refractivity contribution in [3.63, 3.8) is 0 Å². The first-order valence-electron chi connectivity index (χ1n) is 11.6. The number of rotatable bonds is 1. The number of pyridine rings is 1. The zero-order chi connectivity index (χ0) is 23.1. The fraction of sp³-hybridized carbons (Fsp3) is 0.296. The summed E-state index contributed by atoms with van der Waals surface area (Å²) in [6.45, 7) is 1.89. The van der Waals surface area contributed by atoms with E-state index < -0.39 is 5.41 Å². The Morgan fingerprint density at radius 3 is 2.82 bits per heavy atom. The van der Waals surface area contributed by atoms with Crippen LogP contribution in [0.4, 0.5) is 0 Å². The van der Waals surface area contributed by atoms with Gasteiger partial charge in [-0.3, -0.25) is 14.6 Å². The van der Waals surface area contributed by atoms with Gasteiger partial charge < -0.3 is 19.7 Å². The van der Waals surface area contributed by atoms with Crippen LogP contribution in [0.2, 0.25) is 0 Å². The third-order valence-corrected chi connectivity index (χ3v) is 7.16. The Balaban J connectivity index is 1.41. The molecule has 2 amide bonds. The van der Waals surface area contributed by atoms with Gasteiger partial charge in [0.15, 0.2) is 11.5 Å². The smallest absolute Gasteiger partial charge is 0.254 e. The number of likely N-dealkylation sites (tertiary alicyclic amines) is 1. The second kappa shape index (κ2) is 8.17. The zero-order valence-corrected chi connectivity index (χ0v) is 18.7. The van der Waals surface area contributed by atoms with E-state index in [2.05, 4.69) is 10.3 Å². The van der Waals surface area contributed by atoms with Gasteiger partial charge in [0.1, 0.15) is 5.75 Å². The number of aromatic nitrogens is 1. The molecule has 7 rings (SSSR count). The van der Waals surface area contributed by atoms with Crippen LogP contribution in [0.3, 0.4) is 0 Å². The lowest BCUT2D eigenvalue weighted by Gasteiger charge is -2.39. The molecule has 1 spiro atoms. The van der Waals surface area contributed by atoms with Crippen molar-refractivity contribution in [3.8, 4) is 17.2 Å². The maximum atomic E-state index is 13.3. The van der Waals surface area contributed by atoms with Crippen LogP contribution in [0.15, 0.2) is 67.0 Å². The lowest BCUT2D eigenvalue weighted by molar-refractivity contribution is -0.121. The standard InChI is InChI=1S/C27H25N3O4/c31-24-8-7-18-3-1-4-20(13-18)34-23-6-2-5-21-22-14-30(26(32)19-9-11-28-12-10-19)16-27(22,15-29-24)17-33-25(21)23/h1-6,9-13,22H,7-8,14-17H2,(H,29,31)/t22-,27+/m1/s1. The van der Waals surface area contributed by atoms with E-state index in [1.807, 2.05) is 47.4 Å². The first-order chi connectivity index (χ1) is 16.6. The number of carbonyl (C=O) groups excluding carboxylic acids is 2. The predicted molar refractivity (Wildman–Crippen MR) is 125 cm³/mol. The van der Waals surface area contributed by atoms with Crippen LogP contribution in [-0.2, 0) is 11.2 Å². The highest BCUT2D eigenvalue weighted by Gasteiger charge is 2.53. The van der Waals surface area contributed by atoms with Crippen molar-refractivity contribution in [2.45, 2.75) is 18.8 Å². The van der Waals surface area contributed by atoms with Crippen LogP contribution in [0.25, 0.3) is 0 Å². The summed E-state index contributed by atoms with van der Waals surface area (Å²) in [6, 6.07) is 17.2. The zero-order valence-electron chi connectivity index (χ0n) is 18.7. The summed E-state index contributed by atoms with van der Waals surface area (Å²) in [5.74, 6) is 2.07. The number of carbonyl (C=O) groups is 2. The van der Waals surface area contributed by atoms with Crippen molar-refractivity contribution >= 4 is 11.8 Å². The van der Waals surface area contributed by atoms with E-state index in [1.165, 1.54) is 0 Å². The van der Waals surface area contributed by atoms with Gasteiger partial charge in [-0.15, -0.1) is 0 Å². The number of benzene rings is 2. The van der Waals surface area contributed by atoms with Gasteiger partial charge in [0.2, 0.25) is 5.91 Å². The maximum absolute atomic E-state index is 13.3. The lowest BCUT2D eigenvalue weighted by atomic mass is 9.73. The first-order valence-corrected chi connectivity index (χ1v) is 11.6. The molecule has 4 aliphatic heterocycles. The summed E-state index contributed by atoms with van der Waals surface area (Å²) in [5, 5.41) is 3.15. The molecule has 0 aliphatic carbocycles. The van der Waals surface area contributed by atoms with E-state index >= 15 is 0 Å². The van der Waals surface area contributed by atoms with Crippen molar-refractivity contribution in [1.82, 2.24) is 15.2 Å². The molecule has 1 saturated heterocycles. The van der Waals surface area contributed by atoms with Gasteiger partial charge in [0, 0.05) is 60.9 Å². The molecule has 0 unspecified atom stereocenters. The average molecular weight is 456 g/mol. The van der Waals surface area contributed by atoms with Gasteiger partial charge in [-0.1, -0.05) is 24.3 Å². The fourth-order valence-corrected chi connectivity index (χ4v) is 5.38. The van der Waals surface area contributed by atoms with E-state index in [4.69, 9.17) is 9.47 Å². The second-order valence-corrected chi connectivity index (χ2v) is 9.33. The Bertz CT molecular complexity index is 1260. The van der Waals surface area contributed by atoms with Crippen molar-refractivity contribution in [3.05, 3.63) is 83.7 Å². The highest BCUT2D eigenvalue weighted by molar-refractivity contribution is 5.94. The van der Waals surface area contributed by atoms with Crippen LogP contribution >= 0.6 is 0 Å². The van der Waals surface area contributed by atoms with Crippen LogP contribution in [-0.4, -0.2) is 47.9 Å². The van der Waals surface area contributed by atoms with Crippen LogP contribution in [0.5, 0.6) is 17.2 Å². The minimum Gasteiger partial charge on any atom is -0.489 e. The summed E-state index contributed by atoms with van der Waals surface area (Å²) < 4.78 is 12.6. The van der Waals surface area contributed by atoms with Crippen molar-refractivity contribution < 1.29 is 19.1 Å². The number of hydrogen-bond acceptors (Lipinski definition) is 5. The Morgan fingerprint density at radius 2 is 1.94 bits per heavy atom. The largest absolute Gasteiger partial charge is 0.489 e. The molecule has 7 nitrogen and oxygen atoms in total. The molecular formula is C27H25N3O4. The van der Waals surface area contributed by atoms with E-state index in [-0.39, 0.29) is 17.7 Å². The van der Waals surface area contributed by atoms with Crippen molar-refractivity contribution in [2.24, 2.45) is 5.41 Å². The summed E-state index contributed by atoms with van der Waals surface area (Å²) in [5.41, 5.74) is 2.25. The predicted octanol–water partition coefficient (Wildman–Crippen LogP) is 3.55. The summed E-state index contributed by atoms with van der Waals surface area (Å²) in [6.07, 6.45) is 4.28. The number of para-hydroxylation sites is 1. The Kier molecular flexibility index (Phi) is 4.98. The second-order valence-electron chi connectivity index (χ2n) is 9.33. The van der Waals surface area contributed by atoms with Crippen molar-refractivity contribution in [2.75, 3.05) is 26.2 Å². The molecule has 2 aromatic carbocycles. The van der Waals surface area contributed by atoms with Gasteiger partial charge in [-0.05, 0) is 42.3 Å². The van der Waals surface area contributed by atoms with E-state index in [9.17, 15) is 9.59 Å². The molecule has 3 aromatic rings. The molecule has 1 fully saturated rings. The van der Waals surface area contributed by atoms with Gasteiger partial charge in [-0.2, -0.15) is 0 Å². The number of ether oxygens (including phenoxy) is 2. The molecule has 6 bridgehead atoms. The number of nitrogens with one attached hydrogen (secondary N) is 1.